The minimum absolute atomic E-state index is 0.0502. The smallest absolute Gasteiger partial charge is 0.274 e. The van der Waals surface area contributed by atoms with Crippen LogP contribution >= 0.6 is 23.4 Å². The van der Waals surface area contributed by atoms with Gasteiger partial charge in [0.05, 0.1) is 22.7 Å². The number of carbonyl (C=O) groups excluding carboxylic acids is 1. The Bertz CT molecular complexity index is 1010. The Morgan fingerprint density at radius 2 is 2.10 bits per heavy atom. The van der Waals surface area contributed by atoms with E-state index in [-0.39, 0.29) is 34.7 Å². The van der Waals surface area contributed by atoms with Crippen LogP contribution in [0.25, 0.3) is 0 Å². The molecule has 1 atom stereocenters. The van der Waals surface area contributed by atoms with Crippen LogP contribution < -0.4 is 0 Å². The molecule has 1 aliphatic rings. The number of sulfone groups is 1. The molecule has 1 aromatic carbocycles. The zero-order chi connectivity index (χ0) is 21.0. The third kappa shape index (κ3) is 5.58. The highest BCUT2D eigenvalue weighted by atomic mass is 35.5. The molecule has 0 saturated carbocycles. The van der Waals surface area contributed by atoms with Crippen molar-refractivity contribution in [1.29, 1.82) is 0 Å². The molecule has 29 heavy (non-hydrogen) atoms. The Labute approximate surface area is 180 Å². The largest absolute Gasteiger partial charge is 0.329 e. The topological polar surface area (TPSA) is 80.2 Å². The fourth-order valence-corrected chi connectivity index (χ4v) is 5.57. The number of hydrogen-bond donors (Lipinski definition) is 0. The molecule has 1 aromatic heterocycles. The molecule has 0 spiro atoms. The first kappa shape index (κ1) is 21.8. The number of thioether (sulfide) groups is 1. The molecule has 0 radical (unpaired) electrons. The summed E-state index contributed by atoms with van der Waals surface area (Å²) in [4.78, 5) is 23.4. The summed E-state index contributed by atoms with van der Waals surface area (Å²) in [7, 11) is -3.16. The van der Waals surface area contributed by atoms with Crippen LogP contribution in [-0.4, -0.2) is 52.5 Å². The van der Waals surface area contributed by atoms with E-state index in [1.165, 1.54) is 18.0 Å². The first-order chi connectivity index (χ1) is 13.8. The molecule has 1 aliphatic heterocycles. The minimum atomic E-state index is -3.16. The monoisotopic (exact) mass is 451 g/mol. The normalized spacial score (nSPS) is 17.8. The van der Waals surface area contributed by atoms with E-state index >= 15 is 0 Å². The second-order valence-electron chi connectivity index (χ2n) is 6.92. The molecule has 1 fully saturated rings. The van der Waals surface area contributed by atoms with Crippen LogP contribution in [-0.2, 0) is 16.4 Å². The SMILES string of the molecule is C=CCSc1ncc(Cl)c(C(=O)N(Cc2ccc(C)cc2)[C@@H]2CCS(=O)(=O)C2)n1. The maximum Gasteiger partial charge on any atom is 0.274 e. The summed E-state index contributed by atoms with van der Waals surface area (Å²) < 4.78 is 24.1. The maximum absolute atomic E-state index is 13.4. The lowest BCUT2D eigenvalue weighted by atomic mass is 10.1. The number of aromatic nitrogens is 2. The number of hydrogen-bond acceptors (Lipinski definition) is 6. The lowest BCUT2D eigenvalue weighted by Gasteiger charge is -2.28. The molecule has 0 N–H and O–H groups in total. The summed E-state index contributed by atoms with van der Waals surface area (Å²) in [6, 6.07) is 7.39. The number of rotatable bonds is 7. The van der Waals surface area contributed by atoms with Crippen molar-refractivity contribution in [2.24, 2.45) is 0 Å². The van der Waals surface area contributed by atoms with Gasteiger partial charge in [-0.3, -0.25) is 4.79 Å². The summed E-state index contributed by atoms with van der Waals surface area (Å²) in [5, 5.41) is 0.569. The Hall–Kier alpha value is -1.90. The third-order valence-electron chi connectivity index (χ3n) is 4.64. The van der Waals surface area contributed by atoms with E-state index in [1.54, 1.807) is 11.0 Å². The summed E-state index contributed by atoms with van der Waals surface area (Å²) >= 11 is 7.58. The zero-order valence-electron chi connectivity index (χ0n) is 16.0. The van der Waals surface area contributed by atoms with E-state index in [2.05, 4.69) is 16.5 Å². The number of halogens is 1. The van der Waals surface area contributed by atoms with Gasteiger partial charge in [-0.1, -0.05) is 59.3 Å². The van der Waals surface area contributed by atoms with Gasteiger partial charge in [0.25, 0.3) is 5.91 Å². The Morgan fingerprint density at radius 3 is 2.72 bits per heavy atom. The minimum Gasteiger partial charge on any atom is -0.329 e. The summed E-state index contributed by atoms with van der Waals surface area (Å²) in [6.45, 7) is 5.94. The van der Waals surface area contributed by atoms with Gasteiger partial charge in [0.2, 0.25) is 0 Å². The summed E-state index contributed by atoms with van der Waals surface area (Å²) in [5.41, 5.74) is 2.11. The maximum atomic E-state index is 13.4. The molecule has 2 heterocycles. The third-order valence-corrected chi connectivity index (χ3v) is 7.52. The molecule has 154 valence electrons. The average molecular weight is 452 g/mol. The fourth-order valence-electron chi connectivity index (χ4n) is 3.12. The van der Waals surface area contributed by atoms with Gasteiger partial charge in [0, 0.05) is 18.3 Å². The highest BCUT2D eigenvalue weighted by molar-refractivity contribution is 7.99. The van der Waals surface area contributed by atoms with Gasteiger partial charge in [0.15, 0.2) is 20.7 Å². The molecule has 2 aromatic rings. The predicted octanol–water partition coefficient (Wildman–Crippen LogP) is 3.55. The van der Waals surface area contributed by atoms with Crippen molar-refractivity contribution >= 4 is 39.1 Å². The molecule has 9 heteroatoms. The summed E-state index contributed by atoms with van der Waals surface area (Å²) in [5.74, 6) is 0.238. The number of benzene rings is 1. The van der Waals surface area contributed by atoms with Gasteiger partial charge < -0.3 is 4.90 Å². The highest BCUT2D eigenvalue weighted by Crippen LogP contribution is 2.25. The van der Waals surface area contributed by atoms with Gasteiger partial charge in [-0.2, -0.15) is 0 Å². The van der Waals surface area contributed by atoms with Crippen molar-refractivity contribution < 1.29 is 13.2 Å². The molecule has 0 aliphatic carbocycles. The van der Waals surface area contributed by atoms with E-state index in [4.69, 9.17) is 11.6 Å². The first-order valence-corrected chi connectivity index (χ1v) is 12.3. The van der Waals surface area contributed by atoms with Crippen LogP contribution in [0.1, 0.15) is 28.0 Å². The van der Waals surface area contributed by atoms with E-state index < -0.39 is 15.9 Å². The Balaban J connectivity index is 1.93. The van der Waals surface area contributed by atoms with Crippen molar-refractivity contribution in [2.45, 2.75) is 31.1 Å². The number of carbonyl (C=O) groups is 1. The second-order valence-corrected chi connectivity index (χ2v) is 10.5. The van der Waals surface area contributed by atoms with Crippen molar-refractivity contribution in [1.82, 2.24) is 14.9 Å². The standard InChI is InChI=1S/C20H22ClN3O3S2/c1-3-9-28-20-22-11-17(21)18(23-20)19(25)24(16-8-10-29(26,27)13-16)12-15-6-4-14(2)5-7-15/h3-7,11,16H,1,8-10,12-13H2,2H3/t16-/m1/s1. The van der Waals surface area contributed by atoms with Gasteiger partial charge in [0.1, 0.15) is 0 Å². The average Bonchev–Trinajstić information content (AvgIpc) is 3.06. The lowest BCUT2D eigenvalue weighted by molar-refractivity contribution is 0.0674. The number of amides is 1. The predicted molar refractivity (Wildman–Crippen MR) is 116 cm³/mol. The molecule has 1 saturated heterocycles. The van der Waals surface area contributed by atoms with E-state index in [9.17, 15) is 13.2 Å². The van der Waals surface area contributed by atoms with Crippen molar-refractivity contribution in [3.63, 3.8) is 0 Å². The van der Waals surface area contributed by atoms with Crippen LogP contribution in [0.3, 0.4) is 0 Å². The van der Waals surface area contributed by atoms with Gasteiger partial charge in [-0.05, 0) is 18.9 Å². The fraction of sp³-hybridized carbons (Fsp3) is 0.350. The summed E-state index contributed by atoms with van der Waals surface area (Å²) in [6.07, 6.45) is 3.53. The lowest BCUT2D eigenvalue weighted by Crippen LogP contribution is -2.41. The van der Waals surface area contributed by atoms with Crippen LogP contribution in [0.15, 0.2) is 48.3 Å². The van der Waals surface area contributed by atoms with Crippen molar-refractivity contribution in [3.05, 3.63) is 65.0 Å². The van der Waals surface area contributed by atoms with E-state index in [0.717, 1.165) is 11.1 Å². The molecule has 6 nitrogen and oxygen atoms in total. The Kier molecular flexibility index (Phi) is 6.97. The van der Waals surface area contributed by atoms with Gasteiger partial charge in [-0.25, -0.2) is 18.4 Å². The zero-order valence-corrected chi connectivity index (χ0v) is 18.4. The van der Waals surface area contributed by atoms with Crippen LogP contribution in [0.5, 0.6) is 0 Å². The first-order valence-electron chi connectivity index (χ1n) is 9.12. The van der Waals surface area contributed by atoms with Gasteiger partial charge >= 0.3 is 0 Å². The molecule has 0 unspecified atom stereocenters. The van der Waals surface area contributed by atoms with Gasteiger partial charge in [-0.15, -0.1) is 6.58 Å². The Morgan fingerprint density at radius 1 is 1.38 bits per heavy atom. The van der Waals surface area contributed by atoms with E-state index in [0.29, 0.717) is 17.3 Å². The van der Waals surface area contributed by atoms with Crippen molar-refractivity contribution in [3.8, 4) is 0 Å². The number of nitrogens with zero attached hydrogens (tertiary/aromatic N) is 3. The quantitative estimate of drug-likeness (QED) is 0.364. The van der Waals surface area contributed by atoms with Crippen LogP contribution in [0.4, 0.5) is 0 Å². The van der Waals surface area contributed by atoms with Crippen LogP contribution in [0.2, 0.25) is 5.02 Å². The molecular weight excluding hydrogens is 430 g/mol. The molecular formula is C20H22ClN3O3S2. The van der Waals surface area contributed by atoms with E-state index in [1.807, 2.05) is 31.2 Å². The second kappa shape index (κ2) is 9.28. The van der Waals surface area contributed by atoms with Crippen molar-refractivity contribution in [2.75, 3.05) is 17.3 Å². The molecule has 3 rings (SSSR count). The molecule has 0 bridgehead atoms. The highest BCUT2D eigenvalue weighted by Gasteiger charge is 2.36. The van der Waals surface area contributed by atoms with Crippen LogP contribution in [0, 0.1) is 6.92 Å². The number of aryl methyl sites for hydroxylation is 1. The molecule has 1 amide bonds.